The largest absolute Gasteiger partial charge is 0.312 e. The van der Waals surface area contributed by atoms with Crippen molar-refractivity contribution in [3.05, 3.63) is 24.1 Å². The summed E-state index contributed by atoms with van der Waals surface area (Å²) in [5, 5.41) is 2.75. The predicted molar refractivity (Wildman–Crippen MR) is 45.4 cm³/mol. The first-order valence-corrected chi connectivity index (χ1v) is 4.32. The highest BCUT2D eigenvalue weighted by molar-refractivity contribution is 5.14. The molecule has 0 radical (unpaired) electrons. The van der Waals surface area contributed by atoms with Crippen LogP contribution in [0, 0.1) is 5.92 Å². The zero-order valence-corrected chi connectivity index (χ0v) is 7.80. The highest BCUT2D eigenvalue weighted by Crippen LogP contribution is 2.37. The Bertz CT molecular complexity index is 293. The van der Waals surface area contributed by atoms with E-state index in [2.05, 4.69) is 11.9 Å². The SMILES string of the molecule is C=C1CNCC1CC(F)(F)C(F)=C(F)F. The van der Waals surface area contributed by atoms with Crippen LogP contribution in [0.4, 0.5) is 22.0 Å². The van der Waals surface area contributed by atoms with Crippen molar-refractivity contribution in [2.45, 2.75) is 12.3 Å². The summed E-state index contributed by atoms with van der Waals surface area (Å²) in [5.74, 6) is -7.41. The normalized spacial score (nSPS) is 21.9. The van der Waals surface area contributed by atoms with Gasteiger partial charge in [-0.2, -0.15) is 22.0 Å². The van der Waals surface area contributed by atoms with Gasteiger partial charge in [0.15, 0.2) is 0 Å². The van der Waals surface area contributed by atoms with E-state index in [0.717, 1.165) is 0 Å². The molecule has 1 fully saturated rings. The van der Waals surface area contributed by atoms with E-state index in [-0.39, 0.29) is 6.54 Å². The van der Waals surface area contributed by atoms with Crippen molar-refractivity contribution >= 4 is 0 Å². The van der Waals surface area contributed by atoms with Gasteiger partial charge in [-0.25, -0.2) is 0 Å². The number of hydrogen-bond donors (Lipinski definition) is 1. The second-order valence-corrected chi connectivity index (χ2v) is 3.47. The molecule has 0 aliphatic carbocycles. The van der Waals surface area contributed by atoms with Crippen molar-refractivity contribution in [2.75, 3.05) is 13.1 Å². The van der Waals surface area contributed by atoms with E-state index in [1.807, 2.05) is 0 Å². The van der Waals surface area contributed by atoms with Crippen LogP contribution < -0.4 is 5.32 Å². The molecule has 0 aromatic heterocycles. The summed E-state index contributed by atoms with van der Waals surface area (Å²) in [6, 6.07) is 0. The van der Waals surface area contributed by atoms with Gasteiger partial charge in [-0.05, 0) is 5.92 Å². The lowest BCUT2D eigenvalue weighted by Crippen LogP contribution is -2.24. The maximum Gasteiger partial charge on any atom is 0.307 e. The van der Waals surface area contributed by atoms with Gasteiger partial charge in [0.05, 0.1) is 0 Å². The number of halogens is 5. The van der Waals surface area contributed by atoms with Crippen LogP contribution in [0.1, 0.15) is 6.42 Å². The van der Waals surface area contributed by atoms with Gasteiger partial charge in [0, 0.05) is 19.5 Å². The lowest BCUT2D eigenvalue weighted by Gasteiger charge is -2.18. The minimum atomic E-state index is -4.11. The molecule has 0 aromatic rings. The average Bonchev–Trinajstić information content (AvgIpc) is 2.50. The van der Waals surface area contributed by atoms with Crippen LogP contribution in [0.25, 0.3) is 0 Å². The summed E-state index contributed by atoms with van der Waals surface area (Å²) >= 11 is 0. The Morgan fingerprint density at radius 1 is 1.40 bits per heavy atom. The zero-order chi connectivity index (χ0) is 11.6. The average molecular weight is 227 g/mol. The molecule has 6 heteroatoms. The van der Waals surface area contributed by atoms with Crippen molar-refractivity contribution < 1.29 is 22.0 Å². The molecule has 1 aliphatic rings. The quantitative estimate of drug-likeness (QED) is 0.577. The third kappa shape index (κ3) is 2.77. The predicted octanol–water partition coefficient (Wildman–Crippen LogP) is 2.87. The summed E-state index contributed by atoms with van der Waals surface area (Å²) in [7, 11) is 0. The molecule has 0 amide bonds. The van der Waals surface area contributed by atoms with Gasteiger partial charge >= 0.3 is 12.0 Å². The van der Waals surface area contributed by atoms with Crippen LogP contribution in [-0.4, -0.2) is 19.0 Å². The highest BCUT2D eigenvalue weighted by Gasteiger charge is 2.42. The number of alkyl halides is 2. The highest BCUT2D eigenvalue weighted by atomic mass is 19.3. The second kappa shape index (κ2) is 4.30. The monoisotopic (exact) mass is 227 g/mol. The number of hydrogen-bond acceptors (Lipinski definition) is 1. The minimum Gasteiger partial charge on any atom is -0.312 e. The molecule has 0 aromatic carbocycles. The lowest BCUT2D eigenvalue weighted by atomic mass is 9.96. The molecule has 0 spiro atoms. The lowest BCUT2D eigenvalue weighted by molar-refractivity contribution is -0.00680. The Morgan fingerprint density at radius 3 is 2.40 bits per heavy atom. The summed E-state index contributed by atoms with van der Waals surface area (Å²) in [6.45, 7) is 4.09. The summed E-state index contributed by atoms with van der Waals surface area (Å²) in [5.41, 5.74) is 0.488. The Labute approximate surface area is 83.7 Å². The fraction of sp³-hybridized carbons (Fsp3) is 0.556. The molecule has 15 heavy (non-hydrogen) atoms. The third-order valence-electron chi connectivity index (χ3n) is 2.31. The topological polar surface area (TPSA) is 12.0 Å². The molecule has 1 unspecified atom stereocenters. The van der Waals surface area contributed by atoms with Gasteiger partial charge in [-0.3, -0.25) is 0 Å². The first kappa shape index (κ1) is 12.2. The molecule has 1 rings (SSSR count). The molecule has 1 nitrogen and oxygen atoms in total. The summed E-state index contributed by atoms with van der Waals surface area (Å²) in [6.07, 6.45) is -3.93. The summed E-state index contributed by atoms with van der Waals surface area (Å²) in [4.78, 5) is 0. The minimum absolute atomic E-state index is 0.218. The third-order valence-corrected chi connectivity index (χ3v) is 2.31. The second-order valence-electron chi connectivity index (χ2n) is 3.47. The van der Waals surface area contributed by atoms with Crippen molar-refractivity contribution in [3.63, 3.8) is 0 Å². The number of rotatable bonds is 3. The smallest absolute Gasteiger partial charge is 0.307 e. The van der Waals surface area contributed by atoms with E-state index < -0.39 is 30.2 Å². The molecular weight excluding hydrogens is 217 g/mol. The van der Waals surface area contributed by atoms with Crippen molar-refractivity contribution in [1.82, 2.24) is 5.32 Å². The van der Waals surface area contributed by atoms with E-state index in [1.54, 1.807) is 0 Å². The first-order chi connectivity index (χ1) is 6.84. The molecular formula is C9H10F5N. The van der Waals surface area contributed by atoms with Crippen LogP contribution in [0.3, 0.4) is 0 Å². The Balaban J connectivity index is 2.72. The van der Waals surface area contributed by atoms with Crippen molar-refractivity contribution in [2.24, 2.45) is 5.92 Å². The van der Waals surface area contributed by atoms with Gasteiger partial charge in [-0.1, -0.05) is 12.2 Å². The van der Waals surface area contributed by atoms with E-state index in [1.165, 1.54) is 0 Å². The fourth-order valence-corrected chi connectivity index (χ4v) is 1.45. The van der Waals surface area contributed by atoms with Gasteiger partial charge in [0.25, 0.3) is 0 Å². The summed E-state index contributed by atoms with van der Waals surface area (Å²) < 4.78 is 61.6. The number of allylic oxidation sites excluding steroid dienone is 1. The standard InChI is InChI=1S/C9H10F5N/c1-5-3-15-4-6(5)2-9(13,14)7(10)8(11)12/h6,15H,1-4H2. The molecule has 0 saturated carbocycles. The van der Waals surface area contributed by atoms with Crippen LogP contribution in [-0.2, 0) is 0 Å². The van der Waals surface area contributed by atoms with Crippen LogP contribution in [0.2, 0.25) is 0 Å². The van der Waals surface area contributed by atoms with Gasteiger partial charge in [0.1, 0.15) is 0 Å². The Hall–Kier alpha value is -0.910. The molecule has 1 saturated heterocycles. The molecule has 1 N–H and O–H groups in total. The van der Waals surface area contributed by atoms with Crippen LogP contribution in [0.15, 0.2) is 24.1 Å². The van der Waals surface area contributed by atoms with Crippen molar-refractivity contribution in [3.8, 4) is 0 Å². The van der Waals surface area contributed by atoms with Gasteiger partial charge < -0.3 is 5.32 Å². The molecule has 1 heterocycles. The molecule has 0 bridgehead atoms. The molecule has 1 aliphatic heterocycles. The van der Waals surface area contributed by atoms with E-state index in [9.17, 15) is 22.0 Å². The Kier molecular flexibility index (Phi) is 3.49. The van der Waals surface area contributed by atoms with E-state index in [4.69, 9.17) is 0 Å². The molecule has 1 atom stereocenters. The maximum absolute atomic E-state index is 12.9. The fourth-order valence-electron chi connectivity index (χ4n) is 1.45. The Morgan fingerprint density at radius 2 is 2.00 bits per heavy atom. The first-order valence-electron chi connectivity index (χ1n) is 4.32. The van der Waals surface area contributed by atoms with Gasteiger partial charge in [-0.15, -0.1) is 0 Å². The van der Waals surface area contributed by atoms with Gasteiger partial charge in [0.2, 0.25) is 5.83 Å². The number of nitrogens with one attached hydrogen (secondary N) is 1. The van der Waals surface area contributed by atoms with Crippen molar-refractivity contribution in [1.29, 1.82) is 0 Å². The van der Waals surface area contributed by atoms with E-state index in [0.29, 0.717) is 12.1 Å². The molecule has 86 valence electrons. The maximum atomic E-state index is 12.9. The van der Waals surface area contributed by atoms with E-state index >= 15 is 0 Å². The van der Waals surface area contributed by atoms with Crippen LogP contribution in [0.5, 0.6) is 0 Å². The van der Waals surface area contributed by atoms with Crippen LogP contribution >= 0.6 is 0 Å². The zero-order valence-electron chi connectivity index (χ0n) is 7.80.